The minimum absolute atomic E-state index is 0.344. The highest BCUT2D eigenvalue weighted by molar-refractivity contribution is 5.95. The molecule has 28 heavy (non-hydrogen) atoms. The quantitative estimate of drug-likeness (QED) is 0.309. The lowest BCUT2D eigenvalue weighted by atomic mass is 10.2. The molecule has 0 heterocycles. The van der Waals surface area contributed by atoms with Gasteiger partial charge in [0.15, 0.2) is 0 Å². The van der Waals surface area contributed by atoms with E-state index in [-0.39, 0.29) is 5.91 Å². The molecule has 1 N–H and O–H groups in total. The van der Waals surface area contributed by atoms with Gasteiger partial charge in [-0.15, -0.1) is 0 Å². The average Bonchev–Trinajstić information content (AvgIpc) is 2.75. The van der Waals surface area contributed by atoms with Crippen LogP contribution in [0.3, 0.4) is 0 Å². The van der Waals surface area contributed by atoms with Crippen LogP contribution in [-0.2, 0) is 0 Å². The van der Waals surface area contributed by atoms with E-state index in [1.165, 1.54) is 13.3 Å². The van der Waals surface area contributed by atoms with Crippen molar-refractivity contribution in [1.82, 2.24) is 5.43 Å². The monoisotopic (exact) mass is 374 g/mol. The Bertz CT molecular complexity index is 983. The summed E-state index contributed by atoms with van der Waals surface area (Å²) >= 11 is 0. The van der Waals surface area contributed by atoms with Gasteiger partial charge in [0.2, 0.25) is 0 Å². The third kappa shape index (κ3) is 5.04. The van der Waals surface area contributed by atoms with Crippen molar-refractivity contribution in [1.29, 1.82) is 0 Å². The topological polar surface area (TPSA) is 77.0 Å². The maximum atomic E-state index is 12.1. The third-order valence-electron chi connectivity index (χ3n) is 3.81. The number of carbonyl (C=O) groups is 2. The first-order valence-electron chi connectivity index (χ1n) is 8.50. The predicted octanol–water partition coefficient (Wildman–Crippen LogP) is 3.68. The number of carbonyl (C=O) groups excluding carboxylic acids is 2. The molecule has 0 spiro atoms. The second-order valence-electron chi connectivity index (χ2n) is 5.76. The summed E-state index contributed by atoms with van der Waals surface area (Å²) in [6.07, 6.45) is 1.50. The van der Waals surface area contributed by atoms with Crippen LogP contribution in [0.1, 0.15) is 26.3 Å². The average molecular weight is 374 g/mol. The van der Waals surface area contributed by atoms with Gasteiger partial charge < -0.3 is 9.47 Å². The highest BCUT2D eigenvalue weighted by Crippen LogP contribution is 2.14. The fraction of sp³-hybridized carbons (Fsp3) is 0.0455. The molecule has 3 aromatic rings. The van der Waals surface area contributed by atoms with Crippen LogP contribution < -0.4 is 14.9 Å². The molecule has 3 aromatic carbocycles. The lowest BCUT2D eigenvalue weighted by Crippen LogP contribution is -2.17. The number of methoxy groups -OCH3 is 1. The summed E-state index contributed by atoms with van der Waals surface area (Å²) in [4.78, 5) is 24.1. The first kappa shape index (κ1) is 18.8. The smallest absolute Gasteiger partial charge is 0.343 e. The van der Waals surface area contributed by atoms with Gasteiger partial charge in [-0.1, -0.05) is 24.3 Å². The maximum absolute atomic E-state index is 12.1. The number of benzene rings is 3. The second-order valence-corrected chi connectivity index (χ2v) is 5.76. The number of ether oxygens (including phenoxy) is 2. The van der Waals surface area contributed by atoms with E-state index in [0.29, 0.717) is 22.6 Å². The Morgan fingerprint density at radius 3 is 2.29 bits per heavy atom. The van der Waals surface area contributed by atoms with E-state index in [1.54, 1.807) is 72.8 Å². The number of amides is 1. The van der Waals surface area contributed by atoms with Crippen LogP contribution in [0.15, 0.2) is 84.0 Å². The van der Waals surface area contributed by atoms with Gasteiger partial charge in [0.1, 0.15) is 11.5 Å². The lowest BCUT2D eigenvalue weighted by Gasteiger charge is -2.04. The molecule has 0 saturated heterocycles. The number of hydrogen-bond donors (Lipinski definition) is 1. The SMILES string of the molecule is COc1cccc(C(=O)N/N=C/c2ccc(OC(=O)c3ccccc3)cc2)c1. The Balaban J connectivity index is 1.56. The van der Waals surface area contributed by atoms with Crippen molar-refractivity contribution in [3.05, 3.63) is 95.6 Å². The molecule has 0 unspecified atom stereocenters. The van der Waals surface area contributed by atoms with Crippen molar-refractivity contribution in [2.24, 2.45) is 5.10 Å². The Morgan fingerprint density at radius 1 is 0.857 bits per heavy atom. The number of nitrogens with zero attached hydrogens (tertiary/aromatic N) is 1. The number of hydrogen-bond acceptors (Lipinski definition) is 5. The highest BCUT2D eigenvalue weighted by Gasteiger charge is 2.07. The standard InChI is InChI=1S/C22H18N2O4/c1-27-20-9-5-8-18(14-20)21(25)24-23-15-16-10-12-19(13-11-16)28-22(26)17-6-3-2-4-7-17/h2-15H,1H3,(H,24,25)/b23-15+. The van der Waals surface area contributed by atoms with Crippen LogP contribution in [-0.4, -0.2) is 25.2 Å². The van der Waals surface area contributed by atoms with Gasteiger partial charge >= 0.3 is 5.97 Å². The van der Waals surface area contributed by atoms with E-state index in [9.17, 15) is 9.59 Å². The summed E-state index contributed by atoms with van der Waals surface area (Å²) in [6.45, 7) is 0. The van der Waals surface area contributed by atoms with Crippen LogP contribution in [0.25, 0.3) is 0 Å². The van der Waals surface area contributed by atoms with Crippen molar-refractivity contribution in [3.63, 3.8) is 0 Å². The molecule has 0 fully saturated rings. The molecule has 0 aliphatic carbocycles. The molecule has 6 heteroatoms. The molecule has 0 aromatic heterocycles. The van der Waals surface area contributed by atoms with Gasteiger partial charge in [-0.2, -0.15) is 5.10 Å². The Kier molecular flexibility index (Phi) is 6.15. The van der Waals surface area contributed by atoms with Gasteiger partial charge in [0, 0.05) is 5.56 Å². The molecule has 0 atom stereocenters. The Hall–Kier alpha value is -3.93. The number of nitrogens with one attached hydrogen (secondary N) is 1. The molecule has 140 valence electrons. The number of hydrazone groups is 1. The molecule has 0 aliphatic rings. The fourth-order valence-corrected chi connectivity index (χ4v) is 2.36. The normalized spacial score (nSPS) is 10.5. The summed E-state index contributed by atoms with van der Waals surface area (Å²) in [7, 11) is 1.54. The van der Waals surface area contributed by atoms with E-state index in [2.05, 4.69) is 10.5 Å². The van der Waals surface area contributed by atoms with Crippen molar-refractivity contribution < 1.29 is 19.1 Å². The van der Waals surface area contributed by atoms with E-state index >= 15 is 0 Å². The fourth-order valence-electron chi connectivity index (χ4n) is 2.36. The summed E-state index contributed by atoms with van der Waals surface area (Å²) in [5, 5.41) is 3.94. The zero-order valence-electron chi connectivity index (χ0n) is 15.2. The van der Waals surface area contributed by atoms with Crippen LogP contribution in [0.2, 0.25) is 0 Å². The van der Waals surface area contributed by atoms with Crippen molar-refractivity contribution in [2.45, 2.75) is 0 Å². The number of esters is 1. The van der Waals surface area contributed by atoms with Gasteiger partial charge in [-0.3, -0.25) is 4.79 Å². The zero-order chi connectivity index (χ0) is 19.8. The van der Waals surface area contributed by atoms with Crippen molar-refractivity contribution in [2.75, 3.05) is 7.11 Å². The van der Waals surface area contributed by atoms with Gasteiger partial charge in [-0.05, 0) is 60.2 Å². The third-order valence-corrected chi connectivity index (χ3v) is 3.81. The van der Waals surface area contributed by atoms with Gasteiger partial charge in [0.05, 0.1) is 18.9 Å². The molecule has 0 saturated carbocycles. The molecule has 1 amide bonds. The molecule has 0 aliphatic heterocycles. The largest absolute Gasteiger partial charge is 0.497 e. The van der Waals surface area contributed by atoms with Crippen molar-refractivity contribution in [3.8, 4) is 11.5 Å². The minimum atomic E-state index is -0.424. The molecular formula is C22H18N2O4. The molecule has 0 bridgehead atoms. The predicted molar refractivity (Wildman–Crippen MR) is 106 cm³/mol. The number of rotatable bonds is 6. The van der Waals surface area contributed by atoms with Crippen LogP contribution >= 0.6 is 0 Å². The minimum Gasteiger partial charge on any atom is -0.497 e. The first-order chi connectivity index (χ1) is 13.7. The lowest BCUT2D eigenvalue weighted by molar-refractivity contribution is 0.0734. The van der Waals surface area contributed by atoms with Crippen LogP contribution in [0.4, 0.5) is 0 Å². The molecule has 6 nitrogen and oxygen atoms in total. The summed E-state index contributed by atoms with van der Waals surface area (Å²) in [6, 6.07) is 22.3. The molecule has 3 rings (SSSR count). The highest BCUT2D eigenvalue weighted by atomic mass is 16.5. The van der Waals surface area contributed by atoms with Crippen LogP contribution in [0.5, 0.6) is 11.5 Å². The van der Waals surface area contributed by atoms with E-state index < -0.39 is 5.97 Å². The second kappa shape index (κ2) is 9.14. The zero-order valence-corrected chi connectivity index (χ0v) is 15.2. The Labute approximate surface area is 162 Å². The van der Waals surface area contributed by atoms with Crippen LogP contribution in [0, 0.1) is 0 Å². The Morgan fingerprint density at radius 2 is 1.57 bits per heavy atom. The van der Waals surface area contributed by atoms with E-state index in [0.717, 1.165) is 5.56 Å². The molecule has 0 radical (unpaired) electrons. The first-order valence-corrected chi connectivity index (χ1v) is 8.50. The summed E-state index contributed by atoms with van der Waals surface area (Å²) in [5.41, 5.74) is 4.12. The van der Waals surface area contributed by atoms with Crippen molar-refractivity contribution >= 4 is 18.1 Å². The maximum Gasteiger partial charge on any atom is 0.343 e. The van der Waals surface area contributed by atoms with Gasteiger partial charge in [0.25, 0.3) is 5.91 Å². The summed E-state index contributed by atoms with van der Waals surface area (Å²) < 4.78 is 10.4. The summed E-state index contributed by atoms with van der Waals surface area (Å²) in [5.74, 6) is 0.250. The van der Waals surface area contributed by atoms with Gasteiger partial charge in [-0.25, -0.2) is 10.2 Å². The van der Waals surface area contributed by atoms with E-state index in [1.807, 2.05) is 6.07 Å². The van der Waals surface area contributed by atoms with E-state index in [4.69, 9.17) is 9.47 Å². The molecular weight excluding hydrogens is 356 g/mol.